The Kier molecular flexibility index (Phi) is 10.4. The lowest BCUT2D eigenvalue weighted by Gasteiger charge is -2.34. The molecule has 0 aliphatic heterocycles. The maximum atomic E-state index is 14.1. The molecule has 3 aromatic carbocycles. The largest absolute Gasteiger partial charge is 0.357 e. The van der Waals surface area contributed by atoms with Gasteiger partial charge in [-0.2, -0.15) is 0 Å². The van der Waals surface area contributed by atoms with Gasteiger partial charge in [0.05, 0.1) is 11.9 Å². The fraction of sp³-hybridized carbons (Fsp3) is 0.310. The number of nitrogens with one attached hydrogen (secondary N) is 1. The summed E-state index contributed by atoms with van der Waals surface area (Å²) in [6, 6.07) is 20.4. The van der Waals surface area contributed by atoms with E-state index in [1.807, 2.05) is 56.3 Å². The van der Waals surface area contributed by atoms with Gasteiger partial charge in [0.25, 0.3) is 0 Å². The Labute approximate surface area is 240 Å². The summed E-state index contributed by atoms with van der Waals surface area (Å²) in [6.07, 6.45) is 1.27. The number of hydrogen-bond acceptors (Lipinski definition) is 4. The molecule has 0 aromatic heterocycles. The minimum Gasteiger partial charge on any atom is -0.357 e. The van der Waals surface area contributed by atoms with E-state index in [9.17, 15) is 18.0 Å². The predicted octanol–water partition coefficient (Wildman–Crippen LogP) is 5.27. The number of carbonyl (C=O) groups excluding carboxylic acids is 2. The fourth-order valence-corrected chi connectivity index (χ4v) is 5.76. The number of sulfonamides is 1. The van der Waals surface area contributed by atoms with Crippen LogP contribution in [0.2, 0.25) is 10.0 Å². The summed E-state index contributed by atoms with van der Waals surface area (Å²) in [7, 11) is -2.38. The molecule has 0 saturated carbocycles. The van der Waals surface area contributed by atoms with Crippen LogP contribution < -0.4 is 9.62 Å². The average molecular weight is 591 g/mol. The standard InChI is InChI=1S/C29H33Cl2N3O4S/c1-20(2)22-13-8-9-16-26(22)34(39(4,37)38)19-28(35)33(18-23-24(30)14-10-15-25(23)31)27(29(36)32-3)17-21-11-6-5-7-12-21/h5-16,20,27H,17-19H2,1-4H3,(H,32,36)/t27-/m0/s1. The number of likely N-dealkylation sites (N-methyl/N-ethyl adjacent to an activating group) is 1. The van der Waals surface area contributed by atoms with Gasteiger partial charge in [0.2, 0.25) is 21.8 Å². The van der Waals surface area contributed by atoms with E-state index in [1.54, 1.807) is 30.3 Å². The van der Waals surface area contributed by atoms with Gasteiger partial charge in [0.15, 0.2) is 0 Å². The van der Waals surface area contributed by atoms with Gasteiger partial charge >= 0.3 is 0 Å². The molecule has 0 radical (unpaired) electrons. The second kappa shape index (κ2) is 13.3. The summed E-state index contributed by atoms with van der Waals surface area (Å²) in [5.41, 5.74) is 2.49. The molecule has 1 N–H and O–H groups in total. The lowest BCUT2D eigenvalue weighted by atomic mass is 10.0. The first-order valence-corrected chi connectivity index (χ1v) is 15.1. The van der Waals surface area contributed by atoms with Crippen molar-refractivity contribution in [1.29, 1.82) is 0 Å². The zero-order valence-corrected chi connectivity index (χ0v) is 24.7. The van der Waals surface area contributed by atoms with Crippen molar-refractivity contribution in [2.24, 2.45) is 0 Å². The van der Waals surface area contributed by atoms with Crippen molar-refractivity contribution >= 4 is 50.7 Å². The molecule has 39 heavy (non-hydrogen) atoms. The van der Waals surface area contributed by atoms with Crippen LogP contribution in [0.25, 0.3) is 0 Å². The molecule has 0 aliphatic rings. The maximum absolute atomic E-state index is 14.1. The predicted molar refractivity (Wildman–Crippen MR) is 158 cm³/mol. The number of benzene rings is 3. The van der Waals surface area contributed by atoms with Crippen LogP contribution in [0, 0.1) is 0 Å². The smallest absolute Gasteiger partial charge is 0.244 e. The Balaban J connectivity index is 2.11. The Bertz CT molecular complexity index is 1390. The Morgan fingerprint density at radius 2 is 1.49 bits per heavy atom. The Morgan fingerprint density at radius 3 is 2.05 bits per heavy atom. The van der Waals surface area contributed by atoms with Gasteiger partial charge in [-0.05, 0) is 35.2 Å². The first kappa shape index (κ1) is 30.5. The minimum absolute atomic E-state index is 0.00952. The second-order valence-corrected chi connectivity index (χ2v) is 12.2. The summed E-state index contributed by atoms with van der Waals surface area (Å²) < 4.78 is 27.1. The Hall–Kier alpha value is -3.07. The molecule has 0 heterocycles. The second-order valence-electron chi connectivity index (χ2n) is 9.52. The molecule has 3 rings (SSSR count). The van der Waals surface area contributed by atoms with E-state index in [0.29, 0.717) is 21.3 Å². The highest BCUT2D eigenvalue weighted by Crippen LogP contribution is 2.30. The topological polar surface area (TPSA) is 86.8 Å². The third-order valence-corrected chi connectivity index (χ3v) is 8.25. The third-order valence-electron chi connectivity index (χ3n) is 6.41. The van der Waals surface area contributed by atoms with Crippen molar-refractivity contribution in [3.63, 3.8) is 0 Å². The van der Waals surface area contributed by atoms with Crippen molar-refractivity contribution in [2.75, 3.05) is 24.2 Å². The first-order chi connectivity index (χ1) is 18.4. The van der Waals surface area contributed by atoms with Crippen molar-refractivity contribution in [3.8, 4) is 0 Å². The zero-order chi connectivity index (χ0) is 28.7. The summed E-state index contributed by atoms with van der Waals surface area (Å²) in [5.74, 6) is -0.960. The number of hydrogen-bond donors (Lipinski definition) is 1. The molecular weight excluding hydrogens is 557 g/mol. The fourth-order valence-electron chi connectivity index (χ4n) is 4.37. The molecule has 0 fully saturated rings. The number of halogens is 2. The summed E-state index contributed by atoms with van der Waals surface area (Å²) >= 11 is 12.9. The molecule has 208 valence electrons. The van der Waals surface area contributed by atoms with Crippen molar-refractivity contribution in [3.05, 3.63) is 99.5 Å². The van der Waals surface area contributed by atoms with Crippen LogP contribution >= 0.6 is 23.2 Å². The van der Waals surface area contributed by atoms with Crippen LogP contribution in [0.5, 0.6) is 0 Å². The maximum Gasteiger partial charge on any atom is 0.244 e. The first-order valence-electron chi connectivity index (χ1n) is 12.5. The number of rotatable bonds is 11. The number of carbonyl (C=O) groups is 2. The number of nitrogens with zero attached hydrogens (tertiary/aromatic N) is 2. The minimum atomic E-state index is -3.87. The molecule has 1 atom stereocenters. The molecule has 0 saturated heterocycles. The lowest BCUT2D eigenvalue weighted by Crippen LogP contribution is -2.53. The summed E-state index contributed by atoms with van der Waals surface area (Å²) in [6.45, 7) is 3.31. The molecule has 0 spiro atoms. The van der Waals surface area contributed by atoms with E-state index >= 15 is 0 Å². The van der Waals surface area contributed by atoms with Crippen LogP contribution in [-0.4, -0.2) is 51.0 Å². The number of anilines is 1. The molecule has 0 unspecified atom stereocenters. The van der Waals surface area contributed by atoms with Crippen molar-refractivity contribution in [2.45, 2.75) is 38.8 Å². The van der Waals surface area contributed by atoms with Gasteiger partial charge in [-0.15, -0.1) is 0 Å². The molecule has 2 amide bonds. The van der Waals surface area contributed by atoms with E-state index in [4.69, 9.17) is 23.2 Å². The summed E-state index contributed by atoms with van der Waals surface area (Å²) in [4.78, 5) is 28.7. The average Bonchev–Trinajstić information content (AvgIpc) is 2.90. The molecule has 0 bridgehead atoms. The van der Waals surface area contributed by atoms with Gasteiger partial charge in [0.1, 0.15) is 12.6 Å². The van der Waals surface area contributed by atoms with E-state index in [2.05, 4.69) is 5.32 Å². The summed E-state index contributed by atoms with van der Waals surface area (Å²) in [5, 5.41) is 3.31. The highest BCUT2D eigenvalue weighted by atomic mass is 35.5. The van der Waals surface area contributed by atoms with Crippen molar-refractivity contribution in [1.82, 2.24) is 10.2 Å². The van der Waals surface area contributed by atoms with Gasteiger partial charge in [0, 0.05) is 35.6 Å². The lowest BCUT2D eigenvalue weighted by molar-refractivity contribution is -0.139. The quantitative estimate of drug-likeness (QED) is 0.330. The molecular formula is C29H33Cl2N3O4S. The van der Waals surface area contributed by atoms with Crippen LogP contribution in [0.15, 0.2) is 72.8 Å². The third kappa shape index (κ3) is 7.75. The van der Waals surface area contributed by atoms with E-state index in [-0.39, 0.29) is 18.9 Å². The van der Waals surface area contributed by atoms with Gasteiger partial charge in [-0.25, -0.2) is 8.42 Å². The Morgan fingerprint density at radius 1 is 0.897 bits per heavy atom. The number of para-hydroxylation sites is 1. The highest BCUT2D eigenvalue weighted by molar-refractivity contribution is 7.92. The van der Waals surface area contributed by atoms with E-state index < -0.39 is 34.4 Å². The highest BCUT2D eigenvalue weighted by Gasteiger charge is 2.34. The number of amides is 2. The molecule has 0 aliphatic carbocycles. The van der Waals surface area contributed by atoms with Crippen LogP contribution in [-0.2, 0) is 32.6 Å². The normalized spacial score (nSPS) is 12.2. The van der Waals surface area contributed by atoms with Crippen LogP contribution in [0.3, 0.4) is 0 Å². The monoisotopic (exact) mass is 589 g/mol. The van der Waals surface area contributed by atoms with Gasteiger partial charge < -0.3 is 10.2 Å². The SMILES string of the molecule is CNC(=O)[C@H](Cc1ccccc1)N(Cc1c(Cl)cccc1Cl)C(=O)CN(c1ccccc1C(C)C)S(C)(=O)=O. The molecule has 7 nitrogen and oxygen atoms in total. The zero-order valence-electron chi connectivity index (χ0n) is 22.4. The van der Waals surface area contributed by atoms with E-state index in [0.717, 1.165) is 21.7 Å². The molecule has 10 heteroatoms. The van der Waals surface area contributed by atoms with Gasteiger partial charge in [-0.3, -0.25) is 13.9 Å². The molecule has 3 aromatic rings. The van der Waals surface area contributed by atoms with Gasteiger partial charge in [-0.1, -0.05) is 91.6 Å². The van der Waals surface area contributed by atoms with Crippen LogP contribution in [0.1, 0.15) is 36.5 Å². The van der Waals surface area contributed by atoms with E-state index in [1.165, 1.54) is 11.9 Å². The van der Waals surface area contributed by atoms with Crippen molar-refractivity contribution < 1.29 is 18.0 Å². The van der Waals surface area contributed by atoms with Crippen LogP contribution in [0.4, 0.5) is 5.69 Å².